The lowest BCUT2D eigenvalue weighted by Gasteiger charge is -2.10. The maximum atomic E-state index is 11.6. The molecule has 3 aromatic rings. The maximum Gasteiger partial charge on any atom is 0.501 e. The Morgan fingerprint density at radius 2 is 1.68 bits per heavy atom. The van der Waals surface area contributed by atoms with E-state index in [9.17, 15) is 8.42 Å². The van der Waals surface area contributed by atoms with Crippen molar-refractivity contribution in [2.75, 3.05) is 0 Å². The zero-order valence-corrected chi connectivity index (χ0v) is 12.9. The van der Waals surface area contributed by atoms with Gasteiger partial charge in [-0.3, -0.25) is 0 Å². The molecule has 0 saturated carbocycles. The summed E-state index contributed by atoms with van der Waals surface area (Å²) in [6, 6.07) is 17.0. The highest BCUT2D eigenvalue weighted by atomic mass is 32.3. The van der Waals surface area contributed by atoms with Crippen LogP contribution in [0.1, 0.15) is 0 Å². The predicted octanol–water partition coefficient (Wildman–Crippen LogP) is 4.10. The van der Waals surface area contributed by atoms with Gasteiger partial charge < -0.3 is 8.37 Å². The minimum absolute atomic E-state index is 0.221. The van der Waals surface area contributed by atoms with E-state index in [1.807, 2.05) is 53.9 Å². The summed E-state index contributed by atoms with van der Waals surface area (Å²) in [6.07, 6.45) is 0. The maximum absolute atomic E-state index is 11.6. The van der Waals surface area contributed by atoms with E-state index in [1.54, 1.807) is 17.4 Å². The number of fused-ring (bicyclic) bond motifs is 1. The van der Waals surface area contributed by atoms with E-state index in [-0.39, 0.29) is 11.5 Å². The van der Waals surface area contributed by atoms with E-state index in [4.69, 9.17) is 8.37 Å². The summed E-state index contributed by atoms with van der Waals surface area (Å²) >= 11 is 1.58. The fourth-order valence-corrected chi connectivity index (χ4v) is 3.98. The van der Waals surface area contributed by atoms with Crippen LogP contribution in [0, 0.1) is 0 Å². The van der Waals surface area contributed by atoms with Gasteiger partial charge in [-0.25, -0.2) is 0 Å². The van der Waals surface area contributed by atoms with Gasteiger partial charge in [0.25, 0.3) is 0 Å². The van der Waals surface area contributed by atoms with E-state index in [0.29, 0.717) is 0 Å². The van der Waals surface area contributed by atoms with Crippen molar-refractivity contribution < 1.29 is 16.8 Å². The first-order valence-corrected chi connectivity index (χ1v) is 8.75. The normalized spacial score (nSPS) is 14.9. The Kier molecular flexibility index (Phi) is 2.95. The molecule has 0 fully saturated rings. The highest BCUT2D eigenvalue weighted by molar-refractivity contribution is 7.82. The molecular weight excluding hydrogens is 320 g/mol. The van der Waals surface area contributed by atoms with Crippen molar-refractivity contribution in [2.24, 2.45) is 0 Å². The molecule has 0 spiro atoms. The standard InChI is InChI=1S/C16H10O4S2/c17-22(18)19-13-9-8-12(14-7-4-10-21-14)15(16(13)20-22)11-5-2-1-3-6-11/h1-10H. The van der Waals surface area contributed by atoms with Crippen molar-refractivity contribution in [1.29, 1.82) is 0 Å². The second-order valence-electron chi connectivity index (χ2n) is 4.73. The van der Waals surface area contributed by atoms with Crippen LogP contribution >= 0.6 is 11.3 Å². The first kappa shape index (κ1) is 13.4. The molecule has 0 amide bonds. The largest absolute Gasteiger partial charge is 0.501 e. The summed E-state index contributed by atoms with van der Waals surface area (Å²) in [5.74, 6) is 0.469. The summed E-state index contributed by atoms with van der Waals surface area (Å²) in [5.41, 5.74) is 2.52. The van der Waals surface area contributed by atoms with Crippen molar-refractivity contribution in [3.8, 4) is 33.1 Å². The lowest BCUT2D eigenvalue weighted by atomic mass is 9.97. The quantitative estimate of drug-likeness (QED) is 0.710. The fourth-order valence-electron chi connectivity index (χ4n) is 2.47. The van der Waals surface area contributed by atoms with Gasteiger partial charge in [0, 0.05) is 16.0 Å². The van der Waals surface area contributed by atoms with E-state index >= 15 is 0 Å². The Bertz CT molecular complexity index is 930. The van der Waals surface area contributed by atoms with Crippen LogP contribution in [-0.4, -0.2) is 8.42 Å². The highest BCUT2D eigenvalue weighted by Crippen LogP contribution is 2.49. The van der Waals surface area contributed by atoms with Crippen molar-refractivity contribution in [3.05, 3.63) is 60.0 Å². The highest BCUT2D eigenvalue weighted by Gasteiger charge is 2.33. The monoisotopic (exact) mass is 330 g/mol. The molecule has 0 saturated heterocycles. The summed E-state index contributed by atoms with van der Waals surface area (Å²) in [4.78, 5) is 1.04. The van der Waals surface area contributed by atoms with Gasteiger partial charge in [-0.05, 0) is 29.1 Å². The Morgan fingerprint density at radius 1 is 0.864 bits per heavy atom. The third-order valence-electron chi connectivity index (χ3n) is 3.35. The Hall–Kier alpha value is -2.31. The fraction of sp³-hybridized carbons (Fsp3) is 0. The van der Waals surface area contributed by atoms with Crippen molar-refractivity contribution >= 4 is 21.7 Å². The van der Waals surface area contributed by atoms with Crippen molar-refractivity contribution in [1.82, 2.24) is 0 Å². The van der Waals surface area contributed by atoms with Crippen LogP contribution in [0.2, 0.25) is 0 Å². The van der Waals surface area contributed by atoms with E-state index in [2.05, 4.69) is 0 Å². The molecule has 0 unspecified atom stereocenters. The number of hydrogen-bond acceptors (Lipinski definition) is 5. The number of rotatable bonds is 2. The number of benzene rings is 2. The molecule has 0 N–H and O–H groups in total. The third-order valence-corrected chi connectivity index (χ3v) is 5.01. The Morgan fingerprint density at radius 3 is 2.41 bits per heavy atom. The van der Waals surface area contributed by atoms with Crippen molar-refractivity contribution in [3.63, 3.8) is 0 Å². The van der Waals surface area contributed by atoms with Crippen LogP contribution in [0.3, 0.4) is 0 Å². The molecule has 2 heterocycles. The van der Waals surface area contributed by atoms with Crippen LogP contribution in [0.4, 0.5) is 0 Å². The molecule has 1 aliphatic heterocycles. The molecule has 4 rings (SSSR count). The third kappa shape index (κ3) is 2.17. The molecule has 6 heteroatoms. The van der Waals surface area contributed by atoms with Crippen LogP contribution in [-0.2, 0) is 10.4 Å². The Balaban J connectivity index is 2.03. The smallest absolute Gasteiger partial charge is 0.349 e. The van der Waals surface area contributed by atoms with Crippen LogP contribution < -0.4 is 8.37 Å². The molecule has 0 aliphatic carbocycles. The lowest BCUT2D eigenvalue weighted by Crippen LogP contribution is -2.08. The molecule has 110 valence electrons. The first-order chi connectivity index (χ1) is 10.6. The molecule has 2 aromatic carbocycles. The minimum Gasteiger partial charge on any atom is -0.349 e. The van der Waals surface area contributed by atoms with Gasteiger partial charge >= 0.3 is 10.4 Å². The van der Waals surface area contributed by atoms with Gasteiger partial charge in [0.15, 0.2) is 11.5 Å². The SMILES string of the molecule is O=S1(=O)Oc2ccc(-c3cccs3)c(-c3ccccc3)c2O1. The molecule has 1 aliphatic rings. The van der Waals surface area contributed by atoms with E-state index in [0.717, 1.165) is 21.6 Å². The second-order valence-corrected chi connectivity index (χ2v) is 6.83. The van der Waals surface area contributed by atoms with Crippen LogP contribution in [0.15, 0.2) is 60.0 Å². The van der Waals surface area contributed by atoms with Gasteiger partial charge in [-0.2, -0.15) is 0 Å². The van der Waals surface area contributed by atoms with Gasteiger partial charge in [0.05, 0.1) is 0 Å². The topological polar surface area (TPSA) is 52.6 Å². The minimum atomic E-state index is -4.02. The summed E-state index contributed by atoms with van der Waals surface area (Å²) in [5, 5.41) is 1.98. The van der Waals surface area contributed by atoms with E-state index in [1.165, 1.54) is 0 Å². The van der Waals surface area contributed by atoms with Crippen LogP contribution in [0.5, 0.6) is 11.5 Å². The molecule has 4 nitrogen and oxygen atoms in total. The molecule has 0 atom stereocenters. The number of thiophene rings is 1. The number of hydrogen-bond donors (Lipinski definition) is 0. The summed E-state index contributed by atoms with van der Waals surface area (Å²) in [6.45, 7) is 0. The molecule has 1 aromatic heterocycles. The zero-order valence-electron chi connectivity index (χ0n) is 11.2. The van der Waals surface area contributed by atoms with Gasteiger partial charge in [0.1, 0.15) is 0 Å². The predicted molar refractivity (Wildman–Crippen MR) is 85.4 cm³/mol. The van der Waals surface area contributed by atoms with Crippen LogP contribution in [0.25, 0.3) is 21.6 Å². The summed E-state index contributed by atoms with van der Waals surface area (Å²) in [7, 11) is -4.02. The summed E-state index contributed by atoms with van der Waals surface area (Å²) < 4.78 is 33.2. The van der Waals surface area contributed by atoms with Crippen molar-refractivity contribution in [2.45, 2.75) is 0 Å². The lowest BCUT2D eigenvalue weighted by molar-refractivity contribution is 0.437. The molecule has 0 radical (unpaired) electrons. The zero-order chi connectivity index (χ0) is 15.2. The molecule has 0 bridgehead atoms. The van der Waals surface area contributed by atoms with Gasteiger partial charge in [-0.15, -0.1) is 19.8 Å². The average Bonchev–Trinajstić information content (AvgIpc) is 3.12. The second kappa shape index (κ2) is 4.86. The Labute approximate surface area is 131 Å². The molecular formula is C16H10O4S2. The van der Waals surface area contributed by atoms with Gasteiger partial charge in [0.2, 0.25) is 0 Å². The first-order valence-electron chi connectivity index (χ1n) is 6.54. The average molecular weight is 330 g/mol. The molecule has 22 heavy (non-hydrogen) atoms. The van der Waals surface area contributed by atoms with E-state index < -0.39 is 10.4 Å². The van der Waals surface area contributed by atoms with Gasteiger partial charge in [-0.1, -0.05) is 36.4 Å².